The number of aromatic nitrogens is 2. The molecule has 0 fully saturated rings. The zero-order valence-electron chi connectivity index (χ0n) is 14.8. The monoisotopic (exact) mass is 345 g/mol. The Balaban J connectivity index is 2.07. The molecule has 0 spiro atoms. The van der Waals surface area contributed by atoms with Crippen molar-refractivity contribution in [1.29, 1.82) is 5.26 Å². The summed E-state index contributed by atoms with van der Waals surface area (Å²) in [5, 5.41) is 14.2. The number of allylic oxidation sites excluding steroid dienone is 2. The number of hydrogen-bond donors (Lipinski definition) is 0. The van der Waals surface area contributed by atoms with E-state index in [1.165, 1.54) is 11.6 Å². The van der Waals surface area contributed by atoms with Gasteiger partial charge in [-0.3, -0.25) is 9.59 Å². The minimum atomic E-state index is -0.659. The Hall–Kier alpha value is -3.00. The van der Waals surface area contributed by atoms with E-state index in [0.29, 0.717) is 0 Å². The van der Waals surface area contributed by atoms with Crippen molar-refractivity contribution in [3.63, 3.8) is 0 Å². The van der Waals surface area contributed by atoms with Crippen molar-refractivity contribution in [3.05, 3.63) is 65.0 Å². The van der Waals surface area contributed by atoms with Gasteiger partial charge in [0.25, 0.3) is 0 Å². The SMILES string of the molecule is CC(=O)n1cc2c(n1)[C@@]1(c3ccccc3)C=C(C#N)C(=O)[C@@H](C)C1CC2. The molecule has 4 rings (SSSR count). The summed E-state index contributed by atoms with van der Waals surface area (Å²) in [7, 11) is 0. The molecule has 3 atom stereocenters. The van der Waals surface area contributed by atoms with Gasteiger partial charge in [-0.05, 0) is 36.0 Å². The van der Waals surface area contributed by atoms with Gasteiger partial charge in [0.2, 0.25) is 5.91 Å². The summed E-state index contributed by atoms with van der Waals surface area (Å²) >= 11 is 0. The number of rotatable bonds is 1. The largest absolute Gasteiger partial charge is 0.293 e. The first-order valence-corrected chi connectivity index (χ1v) is 8.81. The predicted molar refractivity (Wildman–Crippen MR) is 95.4 cm³/mol. The quantitative estimate of drug-likeness (QED) is 0.796. The first-order chi connectivity index (χ1) is 12.5. The van der Waals surface area contributed by atoms with E-state index in [-0.39, 0.29) is 29.1 Å². The molecule has 1 aromatic carbocycles. The number of carbonyl (C=O) groups excluding carboxylic acids is 2. The molecule has 2 aliphatic rings. The molecule has 1 heterocycles. The minimum absolute atomic E-state index is 0.0114. The summed E-state index contributed by atoms with van der Waals surface area (Å²) in [5.74, 6) is -0.509. The number of aryl methyl sites for hydroxylation is 1. The molecule has 1 aromatic heterocycles. The molecular weight excluding hydrogens is 326 g/mol. The third-order valence-electron chi connectivity index (χ3n) is 5.84. The summed E-state index contributed by atoms with van der Waals surface area (Å²) in [6.45, 7) is 3.39. The molecule has 0 saturated carbocycles. The summed E-state index contributed by atoms with van der Waals surface area (Å²) in [6.07, 6.45) is 5.17. The van der Waals surface area contributed by atoms with Gasteiger partial charge in [0, 0.05) is 19.0 Å². The Kier molecular flexibility index (Phi) is 3.66. The van der Waals surface area contributed by atoms with Crippen LogP contribution in [0.4, 0.5) is 0 Å². The van der Waals surface area contributed by atoms with E-state index in [4.69, 9.17) is 0 Å². The first kappa shape index (κ1) is 16.5. The number of ketones is 1. The van der Waals surface area contributed by atoms with Crippen LogP contribution in [0.25, 0.3) is 0 Å². The van der Waals surface area contributed by atoms with Gasteiger partial charge in [0.15, 0.2) is 5.78 Å². The van der Waals surface area contributed by atoms with Crippen molar-refractivity contribution in [2.24, 2.45) is 11.8 Å². The van der Waals surface area contributed by atoms with E-state index >= 15 is 0 Å². The van der Waals surface area contributed by atoms with E-state index in [1.54, 1.807) is 12.3 Å². The van der Waals surface area contributed by atoms with Gasteiger partial charge < -0.3 is 0 Å². The standard InChI is InChI=1S/C21H19N3O2/c1-13-18-9-8-15-12-24(14(2)25)23-20(15)21(18,10-16(11-22)19(13)26)17-6-4-3-5-7-17/h3-7,10,12-13,18H,8-9H2,1-2H3/t13-,18?,21+/m0/s1. The van der Waals surface area contributed by atoms with E-state index in [1.807, 2.05) is 37.3 Å². The number of carbonyl (C=O) groups is 2. The maximum Gasteiger partial charge on any atom is 0.243 e. The number of nitriles is 1. The van der Waals surface area contributed by atoms with Crippen LogP contribution in [-0.4, -0.2) is 21.5 Å². The van der Waals surface area contributed by atoms with E-state index < -0.39 is 5.41 Å². The Bertz CT molecular complexity index is 980. The molecule has 0 saturated heterocycles. The van der Waals surface area contributed by atoms with Gasteiger partial charge in [0.1, 0.15) is 6.07 Å². The highest BCUT2D eigenvalue weighted by Crippen LogP contribution is 2.53. The van der Waals surface area contributed by atoms with E-state index in [0.717, 1.165) is 29.7 Å². The van der Waals surface area contributed by atoms with Crippen LogP contribution in [0.5, 0.6) is 0 Å². The predicted octanol–water partition coefficient (Wildman–Crippen LogP) is 3.06. The van der Waals surface area contributed by atoms with Crippen LogP contribution >= 0.6 is 0 Å². The van der Waals surface area contributed by atoms with Gasteiger partial charge in [-0.2, -0.15) is 10.4 Å². The first-order valence-electron chi connectivity index (χ1n) is 8.81. The Morgan fingerprint density at radius 3 is 2.73 bits per heavy atom. The molecule has 1 unspecified atom stereocenters. The van der Waals surface area contributed by atoms with Crippen LogP contribution < -0.4 is 0 Å². The highest BCUT2D eigenvalue weighted by atomic mass is 16.2. The van der Waals surface area contributed by atoms with Crippen LogP contribution in [0, 0.1) is 23.2 Å². The van der Waals surface area contributed by atoms with Crippen molar-refractivity contribution in [1.82, 2.24) is 9.78 Å². The molecule has 26 heavy (non-hydrogen) atoms. The third kappa shape index (κ3) is 2.12. The molecule has 130 valence electrons. The molecule has 0 aliphatic heterocycles. The summed E-state index contributed by atoms with van der Waals surface area (Å²) in [4.78, 5) is 24.5. The molecule has 0 radical (unpaired) electrons. The number of Topliss-reactive ketones (excluding diaryl/α,β-unsaturated/α-hetero) is 1. The zero-order chi connectivity index (χ0) is 18.5. The molecular formula is C21H19N3O2. The lowest BCUT2D eigenvalue weighted by Gasteiger charge is -2.46. The van der Waals surface area contributed by atoms with Crippen molar-refractivity contribution in [2.45, 2.75) is 32.1 Å². The number of benzene rings is 1. The lowest BCUT2D eigenvalue weighted by Crippen LogP contribution is -2.48. The third-order valence-corrected chi connectivity index (χ3v) is 5.84. The fourth-order valence-electron chi connectivity index (χ4n) is 4.60. The summed E-state index contributed by atoms with van der Waals surface area (Å²) in [6, 6.07) is 12.0. The van der Waals surface area contributed by atoms with Gasteiger partial charge >= 0.3 is 0 Å². The Morgan fingerprint density at radius 2 is 2.08 bits per heavy atom. The second-order valence-corrected chi connectivity index (χ2v) is 7.17. The van der Waals surface area contributed by atoms with Crippen LogP contribution in [0.1, 0.15) is 41.9 Å². The average molecular weight is 345 g/mol. The molecule has 5 heteroatoms. The number of fused-ring (bicyclic) bond motifs is 3. The van der Waals surface area contributed by atoms with Gasteiger partial charge in [0.05, 0.1) is 16.7 Å². The van der Waals surface area contributed by atoms with Gasteiger partial charge in [-0.15, -0.1) is 0 Å². The van der Waals surface area contributed by atoms with Gasteiger partial charge in [-0.1, -0.05) is 37.3 Å². The molecule has 0 N–H and O–H groups in total. The highest BCUT2D eigenvalue weighted by molar-refractivity contribution is 6.02. The average Bonchev–Trinajstić information content (AvgIpc) is 3.10. The molecule has 0 amide bonds. The molecule has 0 bridgehead atoms. The van der Waals surface area contributed by atoms with Gasteiger partial charge in [-0.25, -0.2) is 4.68 Å². The normalized spacial score (nSPS) is 27.1. The number of nitrogens with zero attached hydrogens (tertiary/aromatic N) is 3. The topological polar surface area (TPSA) is 75.8 Å². The zero-order valence-corrected chi connectivity index (χ0v) is 14.8. The summed E-state index contributed by atoms with van der Waals surface area (Å²) in [5.41, 5.74) is 2.33. The second-order valence-electron chi connectivity index (χ2n) is 7.17. The fourth-order valence-corrected chi connectivity index (χ4v) is 4.60. The van der Waals surface area contributed by atoms with E-state index in [9.17, 15) is 14.9 Å². The van der Waals surface area contributed by atoms with Crippen molar-refractivity contribution >= 4 is 11.7 Å². The highest BCUT2D eigenvalue weighted by Gasteiger charge is 2.53. The lowest BCUT2D eigenvalue weighted by molar-refractivity contribution is -0.121. The smallest absolute Gasteiger partial charge is 0.243 e. The Morgan fingerprint density at radius 1 is 1.35 bits per heavy atom. The molecule has 2 aromatic rings. The van der Waals surface area contributed by atoms with Crippen molar-refractivity contribution < 1.29 is 9.59 Å². The van der Waals surface area contributed by atoms with Crippen LogP contribution in [0.3, 0.4) is 0 Å². The molecule has 5 nitrogen and oxygen atoms in total. The Labute approximate surface area is 151 Å². The number of hydrogen-bond acceptors (Lipinski definition) is 4. The second kappa shape index (κ2) is 5.77. The van der Waals surface area contributed by atoms with Crippen molar-refractivity contribution in [3.8, 4) is 6.07 Å². The molecule has 2 aliphatic carbocycles. The summed E-state index contributed by atoms with van der Waals surface area (Å²) < 4.78 is 1.37. The maximum absolute atomic E-state index is 12.6. The van der Waals surface area contributed by atoms with Crippen LogP contribution in [-0.2, 0) is 16.6 Å². The van der Waals surface area contributed by atoms with Crippen LogP contribution in [0.2, 0.25) is 0 Å². The maximum atomic E-state index is 12.6. The van der Waals surface area contributed by atoms with E-state index in [2.05, 4.69) is 11.2 Å². The minimum Gasteiger partial charge on any atom is -0.293 e. The fraction of sp³-hybridized carbons (Fsp3) is 0.333. The van der Waals surface area contributed by atoms with Crippen LogP contribution in [0.15, 0.2) is 48.2 Å². The lowest BCUT2D eigenvalue weighted by atomic mass is 9.54. The van der Waals surface area contributed by atoms with Crippen molar-refractivity contribution in [2.75, 3.05) is 0 Å².